The van der Waals surface area contributed by atoms with Crippen LogP contribution in [0.5, 0.6) is 0 Å². The maximum absolute atomic E-state index is 12.4. The number of piperidine rings is 1. The lowest BCUT2D eigenvalue weighted by atomic mass is 9.97. The second-order valence-corrected chi connectivity index (χ2v) is 7.42. The Kier molecular flexibility index (Phi) is 5.76. The molecule has 0 atom stereocenters. The first kappa shape index (κ1) is 18.0. The first-order valence-corrected chi connectivity index (χ1v) is 9.60. The van der Waals surface area contributed by atoms with E-state index < -0.39 is 0 Å². The zero-order chi connectivity index (χ0) is 17.8. The molecule has 2 aromatic rings. The molecule has 1 aromatic carbocycles. The van der Waals surface area contributed by atoms with E-state index in [-0.39, 0.29) is 17.8 Å². The molecule has 0 aliphatic carbocycles. The van der Waals surface area contributed by atoms with Crippen LogP contribution in [0.1, 0.15) is 24.6 Å². The molecule has 1 aromatic heterocycles. The maximum Gasteiger partial charge on any atom is 0.309 e. The lowest BCUT2D eigenvalue weighted by molar-refractivity contribution is -0.150. The number of carbonyl (C=O) groups is 2. The SMILES string of the molecule is CCOC(=O)C1CCN(C(=O)/C=C/c2sc3ccccc3c2Cl)CC1. The predicted octanol–water partition coefficient (Wildman–Crippen LogP) is 4.37. The largest absolute Gasteiger partial charge is 0.466 e. The number of halogens is 1. The fraction of sp³-hybridized carbons (Fsp3) is 0.368. The third kappa shape index (κ3) is 4.05. The summed E-state index contributed by atoms with van der Waals surface area (Å²) >= 11 is 7.96. The van der Waals surface area contributed by atoms with Crippen molar-refractivity contribution in [2.24, 2.45) is 5.92 Å². The van der Waals surface area contributed by atoms with Gasteiger partial charge in [-0.05, 0) is 31.9 Å². The predicted molar refractivity (Wildman–Crippen MR) is 102 cm³/mol. The summed E-state index contributed by atoms with van der Waals surface area (Å²) in [5, 5.41) is 1.70. The summed E-state index contributed by atoms with van der Waals surface area (Å²) in [4.78, 5) is 26.8. The third-order valence-corrected chi connectivity index (χ3v) is 6.02. The molecule has 132 valence electrons. The van der Waals surface area contributed by atoms with E-state index in [0.29, 0.717) is 37.6 Å². The van der Waals surface area contributed by atoms with Gasteiger partial charge in [0, 0.05) is 34.1 Å². The number of carbonyl (C=O) groups excluding carboxylic acids is 2. The molecule has 0 bridgehead atoms. The zero-order valence-corrected chi connectivity index (χ0v) is 15.6. The van der Waals surface area contributed by atoms with Crippen molar-refractivity contribution in [2.45, 2.75) is 19.8 Å². The number of nitrogens with zero attached hydrogens (tertiary/aromatic N) is 1. The maximum atomic E-state index is 12.4. The highest BCUT2D eigenvalue weighted by molar-refractivity contribution is 7.20. The number of hydrogen-bond donors (Lipinski definition) is 0. The molecule has 2 heterocycles. The summed E-state index contributed by atoms with van der Waals surface area (Å²) in [6, 6.07) is 7.92. The average Bonchev–Trinajstić information content (AvgIpc) is 2.96. The van der Waals surface area contributed by atoms with Crippen LogP contribution >= 0.6 is 22.9 Å². The number of hydrogen-bond acceptors (Lipinski definition) is 4. The van der Waals surface area contributed by atoms with Crippen LogP contribution in [0.15, 0.2) is 30.3 Å². The summed E-state index contributed by atoms with van der Waals surface area (Å²) in [6.45, 7) is 3.36. The molecule has 0 spiro atoms. The highest BCUT2D eigenvalue weighted by Gasteiger charge is 2.27. The van der Waals surface area contributed by atoms with Gasteiger partial charge >= 0.3 is 5.97 Å². The summed E-state index contributed by atoms with van der Waals surface area (Å²) in [6.07, 6.45) is 4.66. The van der Waals surface area contributed by atoms with Gasteiger partial charge in [-0.25, -0.2) is 0 Å². The molecule has 1 aliphatic heterocycles. The highest BCUT2D eigenvalue weighted by atomic mass is 35.5. The monoisotopic (exact) mass is 377 g/mol. The standard InChI is InChI=1S/C19H20ClNO3S/c1-2-24-19(23)13-9-11-21(12-10-13)17(22)8-7-16-18(20)14-5-3-4-6-15(14)25-16/h3-8,13H,2,9-12H2,1H3/b8-7+. The van der Waals surface area contributed by atoms with Crippen LogP contribution in [0.2, 0.25) is 5.02 Å². The Morgan fingerprint density at radius 3 is 2.72 bits per heavy atom. The minimum atomic E-state index is -0.151. The van der Waals surface area contributed by atoms with Gasteiger partial charge in [0.15, 0.2) is 0 Å². The molecule has 1 fully saturated rings. The molecule has 25 heavy (non-hydrogen) atoms. The van der Waals surface area contributed by atoms with Gasteiger partial charge in [0.2, 0.25) is 5.91 Å². The van der Waals surface area contributed by atoms with E-state index in [1.807, 2.05) is 24.3 Å². The summed E-state index contributed by atoms with van der Waals surface area (Å²) < 4.78 is 6.16. The van der Waals surface area contributed by atoms with E-state index in [9.17, 15) is 9.59 Å². The molecule has 0 radical (unpaired) electrons. The quantitative estimate of drug-likeness (QED) is 0.587. The number of likely N-dealkylation sites (tertiary alicyclic amines) is 1. The van der Waals surface area contributed by atoms with Gasteiger partial charge in [0.05, 0.1) is 17.5 Å². The lowest BCUT2D eigenvalue weighted by Gasteiger charge is -2.30. The minimum absolute atomic E-state index is 0.0455. The second kappa shape index (κ2) is 8.02. The topological polar surface area (TPSA) is 46.6 Å². The van der Waals surface area contributed by atoms with Gasteiger partial charge in [0.1, 0.15) is 0 Å². The van der Waals surface area contributed by atoms with Crippen molar-refractivity contribution in [3.63, 3.8) is 0 Å². The smallest absolute Gasteiger partial charge is 0.309 e. The van der Waals surface area contributed by atoms with Gasteiger partial charge in [-0.15, -0.1) is 11.3 Å². The highest BCUT2D eigenvalue weighted by Crippen LogP contribution is 2.36. The fourth-order valence-electron chi connectivity index (χ4n) is 2.99. The minimum Gasteiger partial charge on any atom is -0.466 e. The van der Waals surface area contributed by atoms with Crippen LogP contribution in [0.25, 0.3) is 16.2 Å². The lowest BCUT2D eigenvalue weighted by Crippen LogP contribution is -2.39. The van der Waals surface area contributed by atoms with Crippen LogP contribution in [0, 0.1) is 5.92 Å². The Morgan fingerprint density at radius 2 is 2.04 bits per heavy atom. The van der Waals surface area contributed by atoms with Crippen molar-refractivity contribution in [3.8, 4) is 0 Å². The van der Waals surface area contributed by atoms with Crippen molar-refractivity contribution in [1.82, 2.24) is 4.90 Å². The van der Waals surface area contributed by atoms with Crippen LogP contribution in [0.4, 0.5) is 0 Å². The summed E-state index contributed by atoms with van der Waals surface area (Å²) in [5.41, 5.74) is 0. The molecule has 1 saturated heterocycles. The number of amides is 1. The average molecular weight is 378 g/mol. The Labute approximate surface area is 156 Å². The Bertz CT molecular complexity index is 806. The first-order chi connectivity index (χ1) is 12.1. The first-order valence-electron chi connectivity index (χ1n) is 8.40. The van der Waals surface area contributed by atoms with Gasteiger partial charge in [0.25, 0.3) is 0 Å². The molecule has 1 amide bonds. The van der Waals surface area contributed by atoms with Crippen molar-refractivity contribution in [2.75, 3.05) is 19.7 Å². The molecule has 3 rings (SSSR count). The third-order valence-electron chi connectivity index (χ3n) is 4.36. The molecular weight excluding hydrogens is 358 g/mol. The van der Waals surface area contributed by atoms with Crippen LogP contribution in [-0.4, -0.2) is 36.5 Å². The fourth-order valence-corrected chi connectivity index (χ4v) is 4.39. The van der Waals surface area contributed by atoms with Crippen molar-refractivity contribution in [1.29, 1.82) is 0 Å². The number of thiophene rings is 1. The molecular formula is C19H20ClNO3S. The summed E-state index contributed by atoms with van der Waals surface area (Å²) in [7, 11) is 0. The molecule has 1 aliphatic rings. The van der Waals surface area contributed by atoms with E-state index in [1.54, 1.807) is 35.3 Å². The normalized spacial score (nSPS) is 15.8. The van der Waals surface area contributed by atoms with Crippen molar-refractivity contribution < 1.29 is 14.3 Å². The number of benzene rings is 1. The van der Waals surface area contributed by atoms with E-state index in [2.05, 4.69) is 0 Å². The Balaban J connectivity index is 1.61. The van der Waals surface area contributed by atoms with Crippen LogP contribution in [-0.2, 0) is 14.3 Å². The number of ether oxygens (including phenoxy) is 1. The van der Waals surface area contributed by atoms with Gasteiger partial charge < -0.3 is 9.64 Å². The van der Waals surface area contributed by atoms with Crippen LogP contribution in [0.3, 0.4) is 0 Å². The molecule has 0 N–H and O–H groups in total. The molecule has 0 unspecified atom stereocenters. The Morgan fingerprint density at radius 1 is 1.32 bits per heavy atom. The van der Waals surface area contributed by atoms with Crippen LogP contribution < -0.4 is 0 Å². The van der Waals surface area contributed by atoms with E-state index in [4.69, 9.17) is 16.3 Å². The molecule has 0 saturated carbocycles. The second-order valence-electron chi connectivity index (χ2n) is 5.96. The van der Waals surface area contributed by atoms with E-state index in [0.717, 1.165) is 15.0 Å². The zero-order valence-electron chi connectivity index (χ0n) is 14.0. The van der Waals surface area contributed by atoms with Crippen molar-refractivity contribution >= 4 is 51.0 Å². The van der Waals surface area contributed by atoms with Gasteiger partial charge in [-0.3, -0.25) is 9.59 Å². The number of fused-ring (bicyclic) bond motifs is 1. The molecule has 4 nitrogen and oxygen atoms in total. The number of rotatable bonds is 4. The van der Waals surface area contributed by atoms with E-state index >= 15 is 0 Å². The summed E-state index contributed by atoms with van der Waals surface area (Å²) in [5.74, 6) is -0.289. The Hall–Kier alpha value is -1.85. The van der Waals surface area contributed by atoms with Gasteiger partial charge in [-0.2, -0.15) is 0 Å². The molecule has 6 heteroatoms. The van der Waals surface area contributed by atoms with Crippen molar-refractivity contribution in [3.05, 3.63) is 40.2 Å². The van der Waals surface area contributed by atoms with E-state index in [1.165, 1.54) is 0 Å². The number of esters is 1. The van der Waals surface area contributed by atoms with Gasteiger partial charge in [-0.1, -0.05) is 29.8 Å².